The van der Waals surface area contributed by atoms with Gasteiger partial charge in [0.25, 0.3) is 0 Å². The smallest absolute Gasteiger partial charge is 0.167 e. The molecule has 7 heteroatoms. The Balaban J connectivity index is 0.000000136. The SMILES string of the molecule is Cc1noc2ccc(Cl)cc12.Clc1ccc2onc(CBr)c2c1. The average molecular weight is 414 g/mol. The Labute approximate surface area is 150 Å². The van der Waals surface area contributed by atoms with Crippen LogP contribution in [-0.2, 0) is 5.33 Å². The van der Waals surface area contributed by atoms with E-state index in [1.165, 1.54) is 0 Å². The number of halogens is 3. The van der Waals surface area contributed by atoms with Gasteiger partial charge in [0.1, 0.15) is 5.69 Å². The molecule has 0 atom stereocenters. The van der Waals surface area contributed by atoms with Crippen LogP contribution in [0.5, 0.6) is 0 Å². The number of hydrogen-bond donors (Lipinski definition) is 0. The van der Waals surface area contributed by atoms with Gasteiger partial charge in [-0.25, -0.2) is 0 Å². The largest absolute Gasteiger partial charge is 0.356 e. The highest BCUT2D eigenvalue weighted by atomic mass is 79.9. The molecule has 23 heavy (non-hydrogen) atoms. The Morgan fingerprint density at radius 1 is 0.913 bits per heavy atom. The van der Waals surface area contributed by atoms with Gasteiger partial charge in [-0.15, -0.1) is 0 Å². The van der Waals surface area contributed by atoms with Gasteiger partial charge in [-0.1, -0.05) is 49.4 Å². The number of rotatable bonds is 1. The normalized spacial score (nSPS) is 10.8. The predicted molar refractivity (Wildman–Crippen MR) is 95.4 cm³/mol. The van der Waals surface area contributed by atoms with Crippen molar-refractivity contribution in [3.8, 4) is 0 Å². The minimum Gasteiger partial charge on any atom is -0.356 e. The van der Waals surface area contributed by atoms with Crippen molar-refractivity contribution in [2.45, 2.75) is 12.3 Å². The molecular formula is C16H11BrCl2N2O2. The van der Waals surface area contributed by atoms with Crippen LogP contribution in [0.3, 0.4) is 0 Å². The highest BCUT2D eigenvalue weighted by Crippen LogP contribution is 2.23. The summed E-state index contributed by atoms with van der Waals surface area (Å²) in [6.07, 6.45) is 0. The molecule has 4 aromatic rings. The molecule has 0 saturated heterocycles. The van der Waals surface area contributed by atoms with Crippen molar-refractivity contribution >= 4 is 61.1 Å². The van der Waals surface area contributed by atoms with Crippen LogP contribution in [0.25, 0.3) is 21.9 Å². The summed E-state index contributed by atoms with van der Waals surface area (Å²) in [6, 6.07) is 10.9. The first kappa shape index (κ1) is 16.3. The van der Waals surface area contributed by atoms with E-state index < -0.39 is 0 Å². The summed E-state index contributed by atoms with van der Waals surface area (Å²) in [4.78, 5) is 0. The van der Waals surface area contributed by atoms with Crippen LogP contribution < -0.4 is 0 Å². The summed E-state index contributed by atoms with van der Waals surface area (Å²) in [7, 11) is 0. The number of hydrogen-bond acceptors (Lipinski definition) is 4. The lowest BCUT2D eigenvalue weighted by atomic mass is 10.2. The number of benzene rings is 2. The van der Waals surface area contributed by atoms with E-state index in [4.69, 9.17) is 32.2 Å². The van der Waals surface area contributed by atoms with Gasteiger partial charge in [-0.05, 0) is 43.3 Å². The maximum Gasteiger partial charge on any atom is 0.167 e. The summed E-state index contributed by atoms with van der Waals surface area (Å²) in [5, 5.41) is 11.7. The summed E-state index contributed by atoms with van der Waals surface area (Å²) in [6.45, 7) is 1.89. The van der Waals surface area contributed by atoms with Crippen molar-refractivity contribution in [3.05, 3.63) is 57.8 Å². The fourth-order valence-corrected chi connectivity index (χ4v) is 2.84. The fourth-order valence-electron chi connectivity index (χ4n) is 2.09. The average Bonchev–Trinajstić information content (AvgIpc) is 3.11. The second-order valence-electron chi connectivity index (χ2n) is 4.81. The van der Waals surface area contributed by atoms with Crippen molar-refractivity contribution in [1.82, 2.24) is 10.3 Å². The minimum atomic E-state index is 0.681. The summed E-state index contributed by atoms with van der Waals surface area (Å²) < 4.78 is 10.1. The van der Waals surface area contributed by atoms with E-state index in [9.17, 15) is 0 Å². The molecule has 0 spiro atoms. The monoisotopic (exact) mass is 412 g/mol. The van der Waals surface area contributed by atoms with Gasteiger partial charge >= 0.3 is 0 Å². The second kappa shape index (κ2) is 6.91. The molecule has 2 aromatic carbocycles. The van der Waals surface area contributed by atoms with Crippen LogP contribution >= 0.6 is 39.1 Å². The Morgan fingerprint density at radius 3 is 2.13 bits per heavy atom. The van der Waals surface area contributed by atoms with Crippen molar-refractivity contribution in [2.24, 2.45) is 0 Å². The molecule has 0 unspecified atom stereocenters. The second-order valence-corrected chi connectivity index (χ2v) is 6.25. The number of alkyl halides is 1. The van der Waals surface area contributed by atoms with Gasteiger partial charge in [0.15, 0.2) is 11.2 Å². The molecule has 2 heterocycles. The predicted octanol–water partition coefficient (Wildman–Crippen LogP) is 6.17. The van der Waals surface area contributed by atoms with Crippen LogP contribution in [0.1, 0.15) is 11.4 Å². The van der Waals surface area contributed by atoms with E-state index in [2.05, 4.69) is 26.2 Å². The van der Waals surface area contributed by atoms with Crippen LogP contribution in [0, 0.1) is 6.92 Å². The van der Waals surface area contributed by atoms with E-state index in [0.717, 1.165) is 33.3 Å². The molecule has 0 aliphatic heterocycles. The van der Waals surface area contributed by atoms with Crippen molar-refractivity contribution in [2.75, 3.05) is 0 Å². The lowest BCUT2D eigenvalue weighted by Gasteiger charge is -1.89. The third-order valence-electron chi connectivity index (χ3n) is 3.25. The highest BCUT2D eigenvalue weighted by molar-refractivity contribution is 9.08. The lowest BCUT2D eigenvalue weighted by Crippen LogP contribution is -1.75. The van der Waals surface area contributed by atoms with Gasteiger partial charge in [0.2, 0.25) is 0 Å². The van der Waals surface area contributed by atoms with E-state index >= 15 is 0 Å². The quantitative estimate of drug-likeness (QED) is 0.350. The molecule has 0 fully saturated rings. The zero-order valence-corrected chi connectivity index (χ0v) is 15.1. The summed E-state index contributed by atoms with van der Waals surface area (Å²) in [5.41, 5.74) is 3.32. The van der Waals surface area contributed by atoms with Gasteiger partial charge in [0.05, 0.1) is 5.69 Å². The van der Waals surface area contributed by atoms with Gasteiger partial charge < -0.3 is 9.05 Å². The third-order valence-corrected chi connectivity index (χ3v) is 4.25. The molecular weight excluding hydrogens is 403 g/mol. The molecule has 0 amide bonds. The molecule has 118 valence electrons. The van der Waals surface area contributed by atoms with Crippen LogP contribution in [0.2, 0.25) is 10.0 Å². The van der Waals surface area contributed by atoms with Gasteiger partial charge in [0, 0.05) is 26.1 Å². The fraction of sp³-hybridized carbons (Fsp3) is 0.125. The van der Waals surface area contributed by atoms with E-state index in [1.54, 1.807) is 12.1 Å². The zero-order valence-electron chi connectivity index (χ0n) is 12.0. The van der Waals surface area contributed by atoms with Gasteiger partial charge in [-0.2, -0.15) is 0 Å². The molecule has 4 nitrogen and oxygen atoms in total. The summed E-state index contributed by atoms with van der Waals surface area (Å²) in [5.74, 6) is 0. The van der Waals surface area contributed by atoms with Crippen molar-refractivity contribution < 1.29 is 9.05 Å². The molecule has 0 saturated carbocycles. The first-order chi connectivity index (χ1) is 11.1. The molecule has 0 bridgehead atoms. The zero-order chi connectivity index (χ0) is 16.4. The third kappa shape index (κ3) is 3.52. The molecule has 0 radical (unpaired) electrons. The molecule has 0 aliphatic rings. The van der Waals surface area contributed by atoms with Crippen LogP contribution in [0.4, 0.5) is 0 Å². The molecule has 0 aliphatic carbocycles. The van der Waals surface area contributed by atoms with E-state index in [1.807, 2.05) is 31.2 Å². The summed E-state index contributed by atoms with van der Waals surface area (Å²) >= 11 is 14.9. The minimum absolute atomic E-state index is 0.681. The van der Waals surface area contributed by atoms with Gasteiger partial charge in [-0.3, -0.25) is 0 Å². The highest BCUT2D eigenvalue weighted by Gasteiger charge is 2.06. The number of nitrogens with zero attached hydrogens (tertiary/aromatic N) is 2. The lowest BCUT2D eigenvalue weighted by molar-refractivity contribution is 0.450. The molecule has 4 rings (SSSR count). The maximum atomic E-state index is 5.82. The van der Waals surface area contributed by atoms with Crippen molar-refractivity contribution in [3.63, 3.8) is 0 Å². The number of aryl methyl sites for hydroxylation is 1. The molecule has 2 aromatic heterocycles. The Kier molecular flexibility index (Phi) is 4.90. The standard InChI is InChI=1S/C8H5BrClNO.C8H6ClNO/c9-4-7-6-3-5(10)1-2-8(6)12-11-7;1-5-7-4-6(9)2-3-8(7)11-10-5/h1-3H,4H2;2-4H,1H3. The first-order valence-electron chi connectivity index (χ1n) is 6.70. The maximum absolute atomic E-state index is 5.82. The Hall–Kier alpha value is -1.56. The van der Waals surface area contributed by atoms with Crippen LogP contribution in [-0.4, -0.2) is 10.3 Å². The Bertz CT molecular complexity index is 965. The van der Waals surface area contributed by atoms with E-state index in [0.29, 0.717) is 15.4 Å². The Morgan fingerprint density at radius 2 is 1.48 bits per heavy atom. The van der Waals surface area contributed by atoms with E-state index in [-0.39, 0.29) is 0 Å². The van der Waals surface area contributed by atoms with Crippen molar-refractivity contribution in [1.29, 1.82) is 0 Å². The first-order valence-corrected chi connectivity index (χ1v) is 8.57. The molecule has 0 N–H and O–H groups in total. The number of fused-ring (bicyclic) bond motifs is 2. The number of aromatic nitrogens is 2. The van der Waals surface area contributed by atoms with Crippen LogP contribution in [0.15, 0.2) is 45.4 Å². The topological polar surface area (TPSA) is 52.1 Å².